The number of nitrogens with zero attached hydrogens (tertiary/aromatic N) is 3. The number of phenols is 1. The van der Waals surface area contributed by atoms with Crippen molar-refractivity contribution in [1.82, 2.24) is 14.5 Å². The molecule has 0 aliphatic rings. The van der Waals surface area contributed by atoms with Gasteiger partial charge in [0, 0.05) is 36.2 Å². The van der Waals surface area contributed by atoms with Gasteiger partial charge in [-0.1, -0.05) is 6.07 Å². The average molecular weight is 445 g/mol. The molecule has 0 aliphatic carbocycles. The lowest BCUT2D eigenvalue weighted by Gasteiger charge is -2.12. The summed E-state index contributed by atoms with van der Waals surface area (Å²) in [5, 5.41) is 27.1. The molecule has 33 heavy (non-hydrogen) atoms. The van der Waals surface area contributed by atoms with Crippen LogP contribution in [0.2, 0.25) is 0 Å². The van der Waals surface area contributed by atoms with Crippen molar-refractivity contribution < 1.29 is 24.5 Å². The summed E-state index contributed by atoms with van der Waals surface area (Å²) in [5.41, 5.74) is 6.48. The fraction of sp³-hybridized carbons (Fsp3) is 0.0435. The van der Waals surface area contributed by atoms with Gasteiger partial charge in [0.25, 0.3) is 0 Å². The molecule has 4 aromatic rings. The van der Waals surface area contributed by atoms with Gasteiger partial charge in [0.1, 0.15) is 17.4 Å². The topological polar surface area (TPSA) is 157 Å². The molecule has 0 saturated heterocycles. The van der Waals surface area contributed by atoms with Gasteiger partial charge in [-0.15, -0.1) is 0 Å². The number of carboxylic acid groups (broad SMARTS) is 1. The van der Waals surface area contributed by atoms with Crippen LogP contribution in [-0.4, -0.2) is 36.6 Å². The van der Waals surface area contributed by atoms with E-state index in [-0.39, 0.29) is 34.7 Å². The van der Waals surface area contributed by atoms with Crippen LogP contribution in [0.25, 0.3) is 5.69 Å². The van der Waals surface area contributed by atoms with Crippen LogP contribution in [0.4, 0.5) is 0 Å². The molecule has 0 bridgehead atoms. The van der Waals surface area contributed by atoms with Gasteiger partial charge in [-0.3, -0.25) is 5.41 Å². The van der Waals surface area contributed by atoms with E-state index in [2.05, 4.69) is 9.97 Å². The summed E-state index contributed by atoms with van der Waals surface area (Å²) in [5.74, 6) is -0.631. The maximum Gasteiger partial charge on any atom is 0.336 e. The zero-order chi connectivity index (χ0) is 23.5. The van der Waals surface area contributed by atoms with Crippen molar-refractivity contribution in [2.24, 2.45) is 5.73 Å². The second-order valence-corrected chi connectivity index (χ2v) is 6.98. The summed E-state index contributed by atoms with van der Waals surface area (Å²) < 4.78 is 13.3. The Morgan fingerprint density at radius 3 is 2.48 bits per heavy atom. The lowest BCUT2D eigenvalue weighted by Crippen LogP contribution is -2.10. The highest BCUT2D eigenvalue weighted by Gasteiger charge is 2.14. The average Bonchev–Trinajstić information content (AvgIpc) is 3.21. The number of nitrogens with one attached hydrogen (secondary N) is 1. The van der Waals surface area contributed by atoms with E-state index in [0.717, 1.165) is 11.5 Å². The molecule has 0 radical (unpaired) electrons. The molecule has 0 aliphatic heterocycles. The summed E-state index contributed by atoms with van der Waals surface area (Å²) >= 11 is 0. The van der Waals surface area contributed by atoms with Gasteiger partial charge in [-0.05, 0) is 37.3 Å². The molecular weight excluding hydrogens is 426 g/mol. The van der Waals surface area contributed by atoms with E-state index in [9.17, 15) is 15.0 Å². The maximum absolute atomic E-state index is 11.6. The Bertz CT molecular complexity index is 1370. The first-order chi connectivity index (χ1) is 15.8. The summed E-state index contributed by atoms with van der Waals surface area (Å²) in [6, 6.07) is 13.7. The molecule has 5 N–H and O–H groups in total. The number of amidine groups is 1. The number of pyridine rings is 1. The molecule has 2 aromatic carbocycles. The molecule has 10 nitrogen and oxygen atoms in total. The fourth-order valence-corrected chi connectivity index (χ4v) is 3.05. The number of benzene rings is 2. The number of nitrogens with two attached hydrogens (primary N) is 1. The zero-order valence-corrected chi connectivity index (χ0v) is 17.4. The largest absolute Gasteiger partial charge is 0.504 e. The quantitative estimate of drug-likeness (QED) is 0.247. The van der Waals surface area contributed by atoms with E-state index >= 15 is 0 Å². The second-order valence-electron chi connectivity index (χ2n) is 6.98. The van der Waals surface area contributed by atoms with Gasteiger partial charge >= 0.3 is 5.97 Å². The molecule has 2 heterocycles. The first-order valence-electron chi connectivity index (χ1n) is 9.69. The van der Waals surface area contributed by atoms with Gasteiger partial charge in [0.05, 0.1) is 11.3 Å². The number of aromatic hydroxyl groups is 1. The molecule has 2 aromatic heterocycles. The smallest absolute Gasteiger partial charge is 0.336 e. The van der Waals surface area contributed by atoms with Crippen molar-refractivity contribution in [2.75, 3.05) is 0 Å². The van der Waals surface area contributed by atoms with E-state index < -0.39 is 5.97 Å². The Morgan fingerprint density at radius 1 is 1.06 bits per heavy atom. The van der Waals surface area contributed by atoms with E-state index in [1.807, 2.05) is 23.8 Å². The highest BCUT2D eigenvalue weighted by atomic mass is 16.5. The third kappa shape index (κ3) is 4.74. The molecule has 0 spiro atoms. The fourth-order valence-electron chi connectivity index (χ4n) is 3.05. The number of hydrogen-bond acceptors (Lipinski definition) is 7. The molecule has 4 rings (SSSR count). The second kappa shape index (κ2) is 8.71. The predicted octanol–water partition coefficient (Wildman–Crippen LogP) is 3.85. The van der Waals surface area contributed by atoms with Crippen molar-refractivity contribution in [3.63, 3.8) is 0 Å². The van der Waals surface area contributed by atoms with Crippen LogP contribution in [0.3, 0.4) is 0 Å². The zero-order valence-electron chi connectivity index (χ0n) is 17.4. The number of carbonyl (C=O) groups is 1. The van der Waals surface area contributed by atoms with Crippen LogP contribution in [0.15, 0.2) is 67.0 Å². The minimum absolute atomic E-state index is 0.0217. The van der Waals surface area contributed by atoms with E-state index in [1.54, 1.807) is 24.4 Å². The Kier molecular flexibility index (Phi) is 5.64. The van der Waals surface area contributed by atoms with E-state index in [0.29, 0.717) is 11.3 Å². The summed E-state index contributed by atoms with van der Waals surface area (Å²) in [4.78, 5) is 20.0. The number of nitrogen functional groups attached to an aromatic ring is 1. The highest BCUT2D eigenvalue weighted by molar-refractivity contribution is 5.95. The van der Waals surface area contributed by atoms with Crippen molar-refractivity contribution in [1.29, 1.82) is 5.41 Å². The number of rotatable bonds is 7. The Balaban J connectivity index is 1.67. The van der Waals surface area contributed by atoms with Crippen LogP contribution >= 0.6 is 0 Å². The number of aromatic carboxylic acids is 1. The third-order valence-corrected chi connectivity index (χ3v) is 4.65. The van der Waals surface area contributed by atoms with Gasteiger partial charge in [-0.25, -0.2) is 9.78 Å². The molecule has 10 heteroatoms. The van der Waals surface area contributed by atoms with Gasteiger partial charge in [0.15, 0.2) is 11.5 Å². The molecule has 0 fully saturated rings. The molecule has 166 valence electrons. The number of hydrogen-bond donors (Lipinski definition) is 4. The highest BCUT2D eigenvalue weighted by Crippen LogP contribution is 2.33. The molecule has 0 saturated carbocycles. The number of ether oxygens (including phenoxy) is 2. The van der Waals surface area contributed by atoms with E-state index in [1.165, 1.54) is 30.3 Å². The van der Waals surface area contributed by atoms with Gasteiger partial charge in [-0.2, -0.15) is 4.98 Å². The molecule has 0 amide bonds. The Morgan fingerprint density at radius 2 is 1.82 bits per heavy atom. The minimum Gasteiger partial charge on any atom is -0.504 e. The normalized spacial score (nSPS) is 10.6. The first-order valence-corrected chi connectivity index (χ1v) is 9.69. The predicted molar refractivity (Wildman–Crippen MR) is 119 cm³/mol. The number of aromatic nitrogens is 3. The first kappa shape index (κ1) is 21.4. The SMILES string of the molecule is Cc1nccn1-c1cccc(Oc2cc(C(=O)O)cc(Oc3cc(C(=N)N)ccc3O)n2)c1. The summed E-state index contributed by atoms with van der Waals surface area (Å²) in [6.45, 7) is 1.87. The van der Waals surface area contributed by atoms with E-state index in [4.69, 9.17) is 20.6 Å². The lowest BCUT2D eigenvalue weighted by molar-refractivity contribution is 0.0696. The number of phenolic OH excluding ortho intramolecular Hbond substituents is 1. The van der Waals surface area contributed by atoms with Crippen molar-refractivity contribution in [2.45, 2.75) is 6.92 Å². The van der Waals surface area contributed by atoms with Crippen LogP contribution in [0.1, 0.15) is 21.7 Å². The number of imidazole rings is 1. The van der Waals surface area contributed by atoms with Gasteiger partial charge < -0.3 is 30.0 Å². The third-order valence-electron chi connectivity index (χ3n) is 4.65. The minimum atomic E-state index is -1.21. The number of carboxylic acids is 1. The molecular formula is C23H19N5O5. The van der Waals surface area contributed by atoms with Crippen molar-refractivity contribution in [3.8, 4) is 34.7 Å². The van der Waals surface area contributed by atoms with Crippen LogP contribution in [0, 0.1) is 12.3 Å². The Hall–Kier alpha value is -4.86. The molecule has 0 unspecified atom stereocenters. The number of aryl methyl sites for hydroxylation is 1. The summed E-state index contributed by atoms with van der Waals surface area (Å²) in [6.07, 6.45) is 3.49. The van der Waals surface area contributed by atoms with Crippen molar-refractivity contribution >= 4 is 11.8 Å². The van der Waals surface area contributed by atoms with Crippen molar-refractivity contribution in [3.05, 3.63) is 83.9 Å². The van der Waals surface area contributed by atoms with Crippen LogP contribution < -0.4 is 15.2 Å². The standard InChI is InChI=1S/C23H19N5O5/c1-13-26-7-8-28(13)16-3-2-4-17(12-16)32-20-10-15(23(30)31)11-21(27-20)33-19-9-14(22(24)25)5-6-18(19)29/h2-12,29H,1H3,(H3,24,25)(H,30,31). The van der Waals surface area contributed by atoms with Gasteiger partial charge in [0.2, 0.25) is 11.8 Å². The Labute approximate surface area is 188 Å². The van der Waals surface area contributed by atoms with Crippen LogP contribution in [-0.2, 0) is 0 Å². The van der Waals surface area contributed by atoms with Crippen LogP contribution in [0.5, 0.6) is 29.0 Å². The summed E-state index contributed by atoms with van der Waals surface area (Å²) in [7, 11) is 0. The lowest BCUT2D eigenvalue weighted by atomic mass is 10.2. The molecule has 0 atom stereocenters. The maximum atomic E-state index is 11.6. The monoisotopic (exact) mass is 445 g/mol.